The van der Waals surface area contributed by atoms with Gasteiger partial charge in [-0.1, -0.05) is 13.5 Å². The second-order valence-electron chi connectivity index (χ2n) is 2.27. The summed E-state index contributed by atoms with van der Waals surface area (Å²) in [6.45, 7) is 4.58. The number of carbonyl (C=O) groups excluding carboxylic acids is 1. The molecule has 14 heavy (non-hydrogen) atoms. The quantitative estimate of drug-likeness (QED) is 0.292. The van der Waals surface area contributed by atoms with Crippen LogP contribution in [0.3, 0.4) is 0 Å². The molecule has 0 aromatic heterocycles. The number of nitrogens with one attached hydrogen (secondary N) is 1. The molecule has 0 saturated heterocycles. The first kappa shape index (κ1) is 16.5. The molecule has 1 radical (unpaired) electrons. The van der Waals surface area contributed by atoms with Crippen molar-refractivity contribution in [1.29, 1.82) is 0 Å². The van der Waals surface area contributed by atoms with Crippen molar-refractivity contribution in [2.24, 2.45) is 0 Å². The Morgan fingerprint density at radius 2 is 2.14 bits per heavy atom. The van der Waals surface area contributed by atoms with E-state index in [2.05, 4.69) is 16.1 Å². The molecular weight excluding hydrogens is 217 g/mol. The Morgan fingerprint density at radius 3 is 2.57 bits per heavy atom. The minimum Gasteiger partial charge on any atom is -0.328 e. The SMILES string of the molecule is C=CC(=O)NCOS(=O)(=O)CCC.[Na]. The van der Waals surface area contributed by atoms with Crippen LogP contribution < -0.4 is 5.32 Å². The largest absolute Gasteiger partial charge is 0.328 e. The van der Waals surface area contributed by atoms with Crippen LogP contribution >= 0.6 is 0 Å². The van der Waals surface area contributed by atoms with Gasteiger partial charge >= 0.3 is 0 Å². The van der Waals surface area contributed by atoms with Crippen molar-refractivity contribution in [3.8, 4) is 0 Å². The standard InChI is InChI=1S/C7H13NO4S.Na/c1-3-5-13(10,11)12-6-8-7(9)4-2;/h4H,2-3,5-6H2,1H3,(H,8,9);. The maximum absolute atomic E-state index is 10.9. The molecule has 5 nitrogen and oxygen atoms in total. The summed E-state index contributed by atoms with van der Waals surface area (Å²) in [5, 5.41) is 2.19. The average Bonchev–Trinajstić information content (AvgIpc) is 2.03. The second-order valence-corrected chi connectivity index (χ2v) is 4.03. The van der Waals surface area contributed by atoms with E-state index in [-0.39, 0.29) is 42.0 Å². The molecule has 0 heterocycles. The Bertz CT molecular complexity index is 275. The fourth-order valence-corrected chi connectivity index (χ4v) is 1.43. The molecule has 0 spiro atoms. The number of rotatable bonds is 6. The van der Waals surface area contributed by atoms with Crippen LogP contribution in [0.4, 0.5) is 0 Å². The van der Waals surface area contributed by atoms with Gasteiger partial charge in [-0.25, -0.2) is 4.18 Å². The van der Waals surface area contributed by atoms with Crippen LogP contribution in [-0.2, 0) is 19.1 Å². The summed E-state index contributed by atoms with van der Waals surface area (Å²) in [4.78, 5) is 10.6. The number of hydrogen-bond acceptors (Lipinski definition) is 4. The number of hydrogen-bond donors (Lipinski definition) is 1. The van der Waals surface area contributed by atoms with E-state index in [1.807, 2.05) is 0 Å². The number of carbonyl (C=O) groups is 1. The topological polar surface area (TPSA) is 72.5 Å². The third kappa shape index (κ3) is 8.71. The van der Waals surface area contributed by atoms with Crippen molar-refractivity contribution in [3.63, 3.8) is 0 Å². The van der Waals surface area contributed by atoms with Crippen molar-refractivity contribution in [2.75, 3.05) is 12.5 Å². The Balaban J connectivity index is 0. The van der Waals surface area contributed by atoms with E-state index in [0.717, 1.165) is 6.08 Å². The van der Waals surface area contributed by atoms with Crippen LogP contribution in [0.15, 0.2) is 12.7 Å². The van der Waals surface area contributed by atoms with Crippen LogP contribution in [-0.4, -0.2) is 56.4 Å². The van der Waals surface area contributed by atoms with Crippen LogP contribution in [0, 0.1) is 0 Å². The molecule has 1 amide bonds. The fourth-order valence-electron chi connectivity index (χ4n) is 0.571. The molecule has 1 N–H and O–H groups in total. The van der Waals surface area contributed by atoms with E-state index in [4.69, 9.17) is 0 Å². The van der Waals surface area contributed by atoms with Gasteiger partial charge in [0.2, 0.25) is 5.91 Å². The van der Waals surface area contributed by atoms with Gasteiger partial charge in [0.25, 0.3) is 10.1 Å². The summed E-state index contributed by atoms with van der Waals surface area (Å²) in [6.07, 6.45) is 1.52. The van der Waals surface area contributed by atoms with Gasteiger partial charge in [-0.3, -0.25) is 4.79 Å². The first-order valence-electron chi connectivity index (χ1n) is 3.79. The van der Waals surface area contributed by atoms with Crippen molar-refractivity contribution in [1.82, 2.24) is 5.32 Å². The molecule has 0 saturated carbocycles. The molecule has 0 rings (SSSR count). The van der Waals surface area contributed by atoms with Gasteiger partial charge in [0.05, 0.1) is 5.75 Å². The molecule has 0 aliphatic rings. The van der Waals surface area contributed by atoms with Crippen LogP contribution in [0.5, 0.6) is 0 Å². The molecule has 0 aliphatic heterocycles. The van der Waals surface area contributed by atoms with Gasteiger partial charge < -0.3 is 5.32 Å². The zero-order chi connectivity index (χ0) is 10.3. The smallest absolute Gasteiger partial charge is 0.269 e. The van der Waals surface area contributed by atoms with E-state index < -0.39 is 16.0 Å². The Labute approximate surface area is 106 Å². The van der Waals surface area contributed by atoms with Crippen molar-refractivity contribution in [3.05, 3.63) is 12.7 Å². The van der Waals surface area contributed by atoms with Crippen LogP contribution in [0.25, 0.3) is 0 Å². The molecule has 0 fully saturated rings. The zero-order valence-corrected chi connectivity index (χ0v) is 11.3. The fraction of sp³-hybridized carbons (Fsp3) is 0.571. The Hall–Kier alpha value is 0.120. The van der Waals surface area contributed by atoms with E-state index in [0.29, 0.717) is 6.42 Å². The third-order valence-electron chi connectivity index (χ3n) is 1.12. The molecular formula is C7H13NNaO4S. The van der Waals surface area contributed by atoms with E-state index >= 15 is 0 Å². The second kappa shape index (κ2) is 8.43. The van der Waals surface area contributed by atoms with E-state index in [1.165, 1.54) is 0 Å². The Morgan fingerprint density at radius 1 is 1.57 bits per heavy atom. The summed E-state index contributed by atoms with van der Waals surface area (Å²) in [5.41, 5.74) is 0. The summed E-state index contributed by atoms with van der Waals surface area (Å²) >= 11 is 0. The number of amides is 1. The van der Waals surface area contributed by atoms with Gasteiger partial charge in [0.15, 0.2) is 0 Å². The van der Waals surface area contributed by atoms with Crippen LogP contribution in [0.1, 0.15) is 13.3 Å². The van der Waals surface area contributed by atoms with Gasteiger partial charge in [0.1, 0.15) is 6.73 Å². The zero-order valence-electron chi connectivity index (χ0n) is 8.45. The van der Waals surface area contributed by atoms with Gasteiger partial charge in [0, 0.05) is 29.6 Å². The van der Waals surface area contributed by atoms with Gasteiger partial charge in [-0.05, 0) is 12.5 Å². The molecule has 77 valence electrons. The minimum absolute atomic E-state index is 0. The minimum atomic E-state index is -3.48. The van der Waals surface area contributed by atoms with E-state index in [9.17, 15) is 13.2 Å². The van der Waals surface area contributed by atoms with Gasteiger partial charge in [-0.15, -0.1) is 0 Å². The monoisotopic (exact) mass is 230 g/mol. The predicted molar refractivity (Wildman–Crippen MR) is 54.1 cm³/mol. The third-order valence-corrected chi connectivity index (χ3v) is 2.51. The Kier molecular flexibility index (Phi) is 9.96. The van der Waals surface area contributed by atoms with E-state index in [1.54, 1.807) is 6.92 Å². The summed E-state index contributed by atoms with van der Waals surface area (Å²) in [5.74, 6) is -0.511. The first-order chi connectivity index (χ1) is 6.02. The average molecular weight is 230 g/mol. The van der Waals surface area contributed by atoms with Gasteiger partial charge in [-0.2, -0.15) is 8.42 Å². The summed E-state index contributed by atoms with van der Waals surface area (Å²) < 4.78 is 26.2. The summed E-state index contributed by atoms with van der Waals surface area (Å²) in [6, 6.07) is 0. The van der Waals surface area contributed by atoms with Crippen molar-refractivity contribution in [2.45, 2.75) is 13.3 Å². The maximum Gasteiger partial charge on any atom is 0.269 e. The predicted octanol–water partition coefficient (Wildman–Crippen LogP) is -0.378. The van der Waals surface area contributed by atoms with Crippen molar-refractivity contribution >= 4 is 45.6 Å². The molecule has 0 unspecified atom stereocenters. The maximum atomic E-state index is 10.9. The molecule has 0 aromatic rings. The molecule has 0 aromatic carbocycles. The van der Waals surface area contributed by atoms with Crippen molar-refractivity contribution < 1.29 is 17.4 Å². The molecule has 0 aliphatic carbocycles. The normalized spacial score (nSPS) is 10.1. The molecule has 0 atom stereocenters. The molecule has 0 bridgehead atoms. The van der Waals surface area contributed by atoms with Crippen LogP contribution in [0.2, 0.25) is 0 Å². The molecule has 7 heteroatoms. The first-order valence-corrected chi connectivity index (χ1v) is 5.37. The summed E-state index contributed by atoms with van der Waals surface area (Å²) in [7, 11) is -3.48.